The highest BCUT2D eigenvalue weighted by atomic mass is 35.5. The van der Waals surface area contributed by atoms with Crippen molar-refractivity contribution in [3.05, 3.63) is 16.4 Å². The van der Waals surface area contributed by atoms with E-state index in [0.29, 0.717) is 23.6 Å². The van der Waals surface area contributed by atoms with Crippen LogP contribution >= 0.6 is 11.6 Å². The van der Waals surface area contributed by atoms with Crippen LogP contribution in [0.4, 0.5) is 0 Å². The molecule has 1 aromatic heterocycles. The number of hydrogen-bond acceptors (Lipinski definition) is 4. The number of hydrogen-bond donors (Lipinski definition) is 0. The van der Waals surface area contributed by atoms with Crippen LogP contribution in [0.2, 0.25) is 5.02 Å². The summed E-state index contributed by atoms with van der Waals surface area (Å²) < 4.78 is 6.63. The average molecular weight is 285 g/mol. The fourth-order valence-electron chi connectivity index (χ4n) is 2.46. The third-order valence-electron chi connectivity index (χ3n) is 3.80. The minimum absolute atomic E-state index is 0.176. The third-order valence-corrected chi connectivity index (χ3v) is 4.24. The first-order chi connectivity index (χ1) is 8.92. The van der Waals surface area contributed by atoms with Crippen molar-refractivity contribution in [3.8, 4) is 0 Å². The molecule has 1 atom stereocenters. The van der Waals surface area contributed by atoms with Crippen LogP contribution in [-0.2, 0) is 34.2 Å². The van der Waals surface area contributed by atoms with E-state index in [1.165, 1.54) is 6.92 Å². The van der Waals surface area contributed by atoms with Gasteiger partial charge in [-0.25, -0.2) is 0 Å². The van der Waals surface area contributed by atoms with Gasteiger partial charge in [0.2, 0.25) is 0 Å². The molecule has 1 aromatic rings. The fraction of sp³-hybridized carbons (Fsp3) is 0.615. The number of carbonyl (C=O) groups is 2. The Hall–Kier alpha value is -1.36. The van der Waals surface area contributed by atoms with Crippen molar-refractivity contribution in [3.63, 3.8) is 0 Å². The van der Waals surface area contributed by atoms with Gasteiger partial charge in [-0.1, -0.05) is 18.5 Å². The van der Waals surface area contributed by atoms with Crippen LogP contribution < -0.4 is 0 Å². The van der Waals surface area contributed by atoms with Gasteiger partial charge in [-0.2, -0.15) is 5.10 Å². The second-order valence-electron chi connectivity index (χ2n) is 4.89. The zero-order chi connectivity index (χ0) is 14.2. The molecule has 5 nitrogen and oxygen atoms in total. The van der Waals surface area contributed by atoms with Gasteiger partial charge in [0.25, 0.3) is 0 Å². The smallest absolute Gasteiger partial charge is 0.320 e. The maximum atomic E-state index is 11.9. The van der Waals surface area contributed by atoms with Gasteiger partial charge in [0.15, 0.2) is 0 Å². The summed E-state index contributed by atoms with van der Waals surface area (Å²) in [6, 6.07) is 0. The van der Waals surface area contributed by atoms with Gasteiger partial charge in [-0.05, 0) is 13.3 Å². The van der Waals surface area contributed by atoms with Crippen molar-refractivity contribution in [2.24, 2.45) is 12.5 Å². The standard InChI is InChI=1S/C13H17ClN2O3/c1-4-9-11(14)10(16(3)15-9)7-13(8(2)17)5-6-19-12(13)18/h4-7H2,1-3H3. The molecule has 0 N–H and O–H groups in total. The van der Waals surface area contributed by atoms with Crippen molar-refractivity contribution in [1.29, 1.82) is 0 Å². The second kappa shape index (κ2) is 4.96. The molecule has 104 valence electrons. The van der Waals surface area contributed by atoms with Gasteiger partial charge in [0, 0.05) is 19.9 Å². The zero-order valence-electron chi connectivity index (χ0n) is 11.3. The summed E-state index contributed by atoms with van der Waals surface area (Å²) >= 11 is 6.28. The SMILES string of the molecule is CCc1nn(C)c(CC2(C(C)=O)CCOC2=O)c1Cl. The van der Waals surface area contributed by atoms with Crippen LogP contribution in [0.25, 0.3) is 0 Å². The maximum Gasteiger partial charge on any atom is 0.320 e. The first-order valence-electron chi connectivity index (χ1n) is 6.31. The quantitative estimate of drug-likeness (QED) is 0.624. The van der Waals surface area contributed by atoms with Gasteiger partial charge in [0.05, 0.1) is 23.0 Å². The number of rotatable bonds is 4. The predicted molar refractivity (Wildman–Crippen MR) is 70.0 cm³/mol. The Kier molecular flexibility index (Phi) is 3.67. The van der Waals surface area contributed by atoms with Gasteiger partial charge < -0.3 is 4.74 Å². The van der Waals surface area contributed by atoms with Crippen molar-refractivity contribution in [1.82, 2.24) is 9.78 Å². The lowest BCUT2D eigenvalue weighted by molar-refractivity contribution is -0.150. The molecule has 19 heavy (non-hydrogen) atoms. The number of Topliss-reactive ketones (excluding diaryl/α,β-unsaturated/α-hetero) is 1. The Morgan fingerprint density at radius 2 is 2.26 bits per heavy atom. The average Bonchev–Trinajstić information content (AvgIpc) is 2.85. The van der Waals surface area contributed by atoms with E-state index >= 15 is 0 Å². The predicted octanol–water partition coefficient (Wildman–Crippen LogP) is 1.70. The zero-order valence-corrected chi connectivity index (χ0v) is 12.1. The lowest BCUT2D eigenvalue weighted by atomic mass is 9.78. The van der Waals surface area contributed by atoms with Crippen LogP contribution in [-0.4, -0.2) is 28.1 Å². The van der Waals surface area contributed by atoms with Crippen molar-refractivity contribution < 1.29 is 14.3 Å². The van der Waals surface area contributed by atoms with Gasteiger partial charge in [-0.15, -0.1) is 0 Å². The molecule has 1 saturated heterocycles. The number of esters is 1. The third kappa shape index (κ3) is 2.16. The summed E-state index contributed by atoms with van der Waals surface area (Å²) in [5, 5.41) is 4.85. The minimum Gasteiger partial charge on any atom is -0.465 e. The highest BCUT2D eigenvalue weighted by Gasteiger charge is 2.49. The highest BCUT2D eigenvalue weighted by molar-refractivity contribution is 6.32. The second-order valence-corrected chi connectivity index (χ2v) is 5.26. The van der Waals surface area contributed by atoms with Crippen molar-refractivity contribution >= 4 is 23.4 Å². The van der Waals surface area contributed by atoms with Crippen LogP contribution in [0.3, 0.4) is 0 Å². The minimum atomic E-state index is -1.09. The van der Waals surface area contributed by atoms with Crippen LogP contribution in [0, 0.1) is 5.41 Å². The number of cyclic esters (lactones) is 1. The van der Waals surface area contributed by atoms with E-state index in [2.05, 4.69) is 5.10 Å². The molecule has 2 heterocycles. The Labute approximate surface area is 116 Å². The van der Waals surface area contributed by atoms with Gasteiger partial charge in [0.1, 0.15) is 11.2 Å². The monoisotopic (exact) mass is 284 g/mol. The molecule has 2 rings (SSSR count). The molecule has 0 radical (unpaired) electrons. The number of nitrogens with zero attached hydrogens (tertiary/aromatic N) is 2. The first kappa shape index (κ1) is 14.1. The summed E-state index contributed by atoms with van der Waals surface area (Å²) in [6.45, 7) is 3.68. The molecular formula is C13H17ClN2O3. The lowest BCUT2D eigenvalue weighted by Gasteiger charge is -2.21. The van der Waals surface area contributed by atoms with Crippen LogP contribution in [0.15, 0.2) is 0 Å². The van der Waals surface area contributed by atoms with E-state index in [1.807, 2.05) is 6.92 Å². The van der Waals surface area contributed by atoms with E-state index < -0.39 is 11.4 Å². The molecule has 1 fully saturated rings. The maximum absolute atomic E-state index is 11.9. The Bertz CT molecular complexity index is 538. The van der Waals surface area contributed by atoms with E-state index in [4.69, 9.17) is 16.3 Å². The van der Waals surface area contributed by atoms with Gasteiger partial charge in [-0.3, -0.25) is 14.3 Å². The number of aromatic nitrogens is 2. The molecule has 6 heteroatoms. The summed E-state index contributed by atoms with van der Waals surface area (Å²) in [6.07, 6.45) is 1.37. The normalized spacial score (nSPS) is 22.6. The number of halogens is 1. The number of carbonyl (C=O) groups excluding carboxylic acids is 2. The van der Waals surface area contributed by atoms with E-state index in [9.17, 15) is 9.59 Å². The number of ether oxygens (including phenoxy) is 1. The number of aryl methyl sites for hydroxylation is 2. The molecule has 0 aliphatic carbocycles. The van der Waals surface area contributed by atoms with E-state index in [0.717, 1.165) is 5.69 Å². The van der Waals surface area contributed by atoms with Crippen molar-refractivity contribution in [2.45, 2.75) is 33.1 Å². The van der Waals surface area contributed by atoms with Crippen LogP contribution in [0.1, 0.15) is 31.7 Å². The molecular weight excluding hydrogens is 268 g/mol. The lowest BCUT2D eigenvalue weighted by Crippen LogP contribution is -2.37. The summed E-state index contributed by atoms with van der Waals surface area (Å²) in [5.41, 5.74) is 0.402. The van der Waals surface area contributed by atoms with E-state index in [1.54, 1.807) is 11.7 Å². The Morgan fingerprint density at radius 3 is 2.68 bits per heavy atom. The molecule has 1 unspecified atom stereocenters. The molecule has 1 aliphatic heterocycles. The van der Waals surface area contributed by atoms with Crippen LogP contribution in [0.5, 0.6) is 0 Å². The summed E-state index contributed by atoms with van der Waals surface area (Å²) in [7, 11) is 1.77. The summed E-state index contributed by atoms with van der Waals surface area (Å²) in [5.74, 6) is -0.624. The van der Waals surface area contributed by atoms with Gasteiger partial charge >= 0.3 is 5.97 Å². The topological polar surface area (TPSA) is 61.2 Å². The molecule has 0 saturated carbocycles. The molecule has 0 spiro atoms. The number of ketones is 1. The Balaban J connectivity index is 2.41. The Morgan fingerprint density at radius 1 is 1.58 bits per heavy atom. The molecule has 0 amide bonds. The molecule has 1 aliphatic rings. The first-order valence-corrected chi connectivity index (χ1v) is 6.68. The largest absolute Gasteiger partial charge is 0.465 e. The highest BCUT2D eigenvalue weighted by Crippen LogP contribution is 2.37. The van der Waals surface area contributed by atoms with E-state index in [-0.39, 0.29) is 18.8 Å². The van der Waals surface area contributed by atoms with Crippen molar-refractivity contribution in [2.75, 3.05) is 6.61 Å². The molecule has 0 aromatic carbocycles. The molecule has 0 bridgehead atoms. The summed E-state index contributed by atoms with van der Waals surface area (Å²) in [4.78, 5) is 23.8. The fourth-order valence-corrected chi connectivity index (χ4v) is 2.82.